The van der Waals surface area contributed by atoms with Gasteiger partial charge in [0.05, 0.1) is 6.10 Å². The molecule has 114 valence electrons. The van der Waals surface area contributed by atoms with Gasteiger partial charge in [-0.15, -0.1) is 0 Å². The molecule has 0 spiro atoms. The van der Waals surface area contributed by atoms with Gasteiger partial charge in [-0.05, 0) is 85.0 Å². The molecule has 0 bridgehead atoms. The van der Waals surface area contributed by atoms with Gasteiger partial charge in [0.15, 0.2) is 11.6 Å². The minimum atomic E-state index is -0.491. The highest BCUT2D eigenvalue weighted by Gasteiger charge is 2.54. The zero-order valence-electron chi connectivity index (χ0n) is 12.5. The Morgan fingerprint density at radius 2 is 2.00 bits per heavy atom. The Morgan fingerprint density at radius 3 is 2.81 bits per heavy atom. The lowest BCUT2D eigenvalue weighted by molar-refractivity contribution is -0.0226. The molecule has 2 nitrogen and oxygen atoms in total. The number of phenolic OH excluding ortho intramolecular Hbond substituents is 1. The van der Waals surface area contributed by atoms with Crippen molar-refractivity contribution in [2.45, 2.75) is 57.5 Å². The van der Waals surface area contributed by atoms with E-state index in [0.717, 1.165) is 49.7 Å². The zero-order valence-corrected chi connectivity index (χ0v) is 12.5. The van der Waals surface area contributed by atoms with Crippen molar-refractivity contribution in [3.8, 4) is 5.75 Å². The summed E-state index contributed by atoms with van der Waals surface area (Å²) >= 11 is 0. The van der Waals surface area contributed by atoms with Crippen molar-refractivity contribution in [3.05, 3.63) is 29.1 Å². The van der Waals surface area contributed by atoms with Gasteiger partial charge < -0.3 is 10.2 Å². The minimum absolute atomic E-state index is 0.0636. The molecule has 1 aromatic rings. The molecule has 5 atom stereocenters. The average Bonchev–Trinajstić information content (AvgIpc) is 2.76. The molecule has 0 aromatic heterocycles. The summed E-state index contributed by atoms with van der Waals surface area (Å²) in [6.45, 7) is 2.25. The first-order valence-electron chi connectivity index (χ1n) is 8.20. The molecule has 5 unspecified atom stereocenters. The monoisotopic (exact) mass is 290 g/mol. The molecule has 0 amide bonds. The van der Waals surface area contributed by atoms with E-state index in [-0.39, 0.29) is 17.3 Å². The maximum atomic E-state index is 13.8. The smallest absolute Gasteiger partial charge is 0.165 e. The van der Waals surface area contributed by atoms with Crippen LogP contribution in [0, 0.1) is 23.1 Å². The molecule has 3 aliphatic carbocycles. The van der Waals surface area contributed by atoms with E-state index in [2.05, 4.69) is 6.92 Å². The Labute approximate surface area is 125 Å². The number of fused-ring (bicyclic) bond motifs is 5. The van der Waals surface area contributed by atoms with E-state index in [9.17, 15) is 14.6 Å². The van der Waals surface area contributed by atoms with E-state index in [0.29, 0.717) is 17.8 Å². The standard InChI is InChI=1S/C18H23FO2/c1-18-7-6-11-12(14(18)4-5-17(18)21)3-2-10-8-16(20)15(19)9-13(10)11/h8-9,11-12,14,17,20-21H,2-7H2,1H3. The van der Waals surface area contributed by atoms with E-state index in [4.69, 9.17) is 0 Å². The molecule has 2 fully saturated rings. The van der Waals surface area contributed by atoms with Crippen LogP contribution in [-0.4, -0.2) is 16.3 Å². The van der Waals surface area contributed by atoms with Gasteiger partial charge in [0.2, 0.25) is 0 Å². The number of aliphatic hydroxyl groups excluding tert-OH is 1. The molecule has 3 heteroatoms. The van der Waals surface area contributed by atoms with Crippen molar-refractivity contribution < 1.29 is 14.6 Å². The van der Waals surface area contributed by atoms with E-state index < -0.39 is 5.82 Å². The third kappa shape index (κ3) is 1.79. The highest BCUT2D eigenvalue weighted by Crippen LogP contribution is 2.60. The first-order chi connectivity index (χ1) is 10.0. The van der Waals surface area contributed by atoms with Gasteiger partial charge in [0, 0.05) is 0 Å². The van der Waals surface area contributed by atoms with Gasteiger partial charge in [0.25, 0.3) is 0 Å². The van der Waals surface area contributed by atoms with Crippen molar-refractivity contribution in [1.82, 2.24) is 0 Å². The Bertz CT molecular complexity index is 585. The molecule has 3 aliphatic rings. The number of rotatable bonds is 0. The fourth-order valence-corrected chi connectivity index (χ4v) is 5.55. The molecular formula is C18H23FO2. The van der Waals surface area contributed by atoms with Crippen molar-refractivity contribution in [2.24, 2.45) is 17.3 Å². The lowest BCUT2D eigenvalue weighted by Crippen LogP contribution is -2.43. The van der Waals surface area contributed by atoms with Crippen LogP contribution < -0.4 is 0 Å². The Balaban J connectivity index is 1.73. The Hall–Kier alpha value is -1.09. The number of benzene rings is 1. The van der Waals surface area contributed by atoms with Crippen molar-refractivity contribution in [3.63, 3.8) is 0 Å². The normalized spacial score (nSPS) is 41.3. The number of halogens is 1. The zero-order chi connectivity index (χ0) is 14.8. The highest BCUT2D eigenvalue weighted by atomic mass is 19.1. The van der Waals surface area contributed by atoms with Crippen molar-refractivity contribution >= 4 is 0 Å². The summed E-state index contributed by atoms with van der Waals surface area (Å²) in [4.78, 5) is 0. The van der Waals surface area contributed by atoms with Crippen LogP contribution in [0.3, 0.4) is 0 Å². The van der Waals surface area contributed by atoms with Gasteiger partial charge in [-0.3, -0.25) is 0 Å². The average molecular weight is 290 g/mol. The summed E-state index contributed by atoms with van der Waals surface area (Å²) in [5, 5.41) is 19.9. The number of aryl methyl sites for hydroxylation is 1. The lowest BCUT2D eigenvalue weighted by Gasteiger charge is -2.50. The molecular weight excluding hydrogens is 267 g/mol. The van der Waals surface area contributed by atoms with Gasteiger partial charge >= 0.3 is 0 Å². The fraction of sp³-hybridized carbons (Fsp3) is 0.667. The van der Waals surface area contributed by atoms with Crippen LogP contribution in [0.1, 0.15) is 56.1 Å². The topological polar surface area (TPSA) is 40.5 Å². The summed E-state index contributed by atoms with van der Waals surface area (Å²) in [6, 6.07) is 3.19. The molecule has 21 heavy (non-hydrogen) atoms. The number of phenols is 1. The molecule has 0 aliphatic heterocycles. The predicted octanol–water partition coefficient (Wildman–Crippen LogP) is 3.75. The van der Waals surface area contributed by atoms with E-state index in [1.54, 1.807) is 12.1 Å². The van der Waals surface area contributed by atoms with Crippen LogP contribution in [0.15, 0.2) is 12.1 Å². The maximum Gasteiger partial charge on any atom is 0.165 e. The number of hydrogen-bond donors (Lipinski definition) is 2. The summed E-state index contributed by atoms with van der Waals surface area (Å²) < 4.78 is 13.8. The molecule has 2 N–H and O–H groups in total. The van der Waals surface area contributed by atoms with E-state index >= 15 is 0 Å². The van der Waals surface area contributed by atoms with Crippen LogP contribution >= 0.6 is 0 Å². The molecule has 4 rings (SSSR count). The highest BCUT2D eigenvalue weighted by molar-refractivity contribution is 5.41. The fourth-order valence-electron chi connectivity index (χ4n) is 5.55. The van der Waals surface area contributed by atoms with Gasteiger partial charge in [0.1, 0.15) is 0 Å². The number of aromatic hydroxyl groups is 1. The van der Waals surface area contributed by atoms with Crippen molar-refractivity contribution in [2.75, 3.05) is 0 Å². The van der Waals surface area contributed by atoms with Crippen LogP contribution in [0.2, 0.25) is 0 Å². The number of aliphatic hydroxyl groups is 1. The first-order valence-corrected chi connectivity index (χ1v) is 8.20. The summed E-state index contributed by atoms with van der Waals surface area (Å²) in [5.41, 5.74) is 2.30. The third-order valence-electron chi connectivity index (χ3n) is 6.74. The second kappa shape index (κ2) is 4.45. The first kappa shape index (κ1) is 13.6. The summed E-state index contributed by atoms with van der Waals surface area (Å²) in [6.07, 6.45) is 5.95. The quantitative estimate of drug-likeness (QED) is 0.764. The molecule has 0 radical (unpaired) electrons. The van der Waals surface area contributed by atoms with Gasteiger partial charge in [-0.2, -0.15) is 0 Å². The molecule has 0 heterocycles. The van der Waals surface area contributed by atoms with Crippen LogP contribution in [0.4, 0.5) is 4.39 Å². The van der Waals surface area contributed by atoms with Crippen LogP contribution in [0.5, 0.6) is 5.75 Å². The number of hydrogen-bond acceptors (Lipinski definition) is 2. The molecule has 2 saturated carbocycles. The second-order valence-corrected chi connectivity index (χ2v) is 7.56. The Morgan fingerprint density at radius 1 is 1.19 bits per heavy atom. The van der Waals surface area contributed by atoms with E-state index in [1.807, 2.05) is 0 Å². The minimum Gasteiger partial charge on any atom is -0.505 e. The maximum absolute atomic E-state index is 13.8. The van der Waals surface area contributed by atoms with E-state index in [1.165, 1.54) is 0 Å². The van der Waals surface area contributed by atoms with Gasteiger partial charge in [-0.25, -0.2) is 4.39 Å². The molecule has 0 saturated heterocycles. The summed E-state index contributed by atoms with van der Waals surface area (Å²) in [5.74, 6) is 0.833. The lowest BCUT2D eigenvalue weighted by atomic mass is 9.55. The largest absolute Gasteiger partial charge is 0.505 e. The summed E-state index contributed by atoms with van der Waals surface area (Å²) in [7, 11) is 0. The van der Waals surface area contributed by atoms with Gasteiger partial charge in [-0.1, -0.05) is 6.92 Å². The van der Waals surface area contributed by atoms with Crippen molar-refractivity contribution in [1.29, 1.82) is 0 Å². The predicted molar refractivity (Wildman–Crippen MR) is 78.7 cm³/mol. The SMILES string of the molecule is CC12CCC3c4cc(F)c(O)cc4CCC3C1CCC2O. The Kier molecular flexibility index (Phi) is 2.88. The second-order valence-electron chi connectivity index (χ2n) is 7.56. The third-order valence-corrected chi connectivity index (χ3v) is 6.74. The molecule has 1 aromatic carbocycles. The van der Waals surface area contributed by atoms with Crippen LogP contribution in [-0.2, 0) is 6.42 Å². The van der Waals surface area contributed by atoms with Crippen LogP contribution in [0.25, 0.3) is 0 Å².